The van der Waals surface area contributed by atoms with Crippen molar-refractivity contribution in [2.45, 2.75) is 52.9 Å². The van der Waals surface area contributed by atoms with Crippen LogP contribution in [0.3, 0.4) is 0 Å². The first-order valence-corrected chi connectivity index (χ1v) is 9.06. The van der Waals surface area contributed by atoms with Gasteiger partial charge in [-0.3, -0.25) is 9.98 Å². The van der Waals surface area contributed by atoms with Crippen molar-refractivity contribution in [1.29, 1.82) is 0 Å². The monoisotopic (exact) mass is 444 g/mol. The minimum atomic E-state index is 0. The van der Waals surface area contributed by atoms with Crippen LogP contribution in [0.4, 0.5) is 0 Å². The number of aromatic nitrogens is 1. The van der Waals surface area contributed by atoms with E-state index >= 15 is 0 Å². The van der Waals surface area contributed by atoms with Crippen molar-refractivity contribution in [3.8, 4) is 0 Å². The van der Waals surface area contributed by atoms with Crippen LogP contribution in [-0.4, -0.2) is 30.6 Å². The molecule has 1 fully saturated rings. The van der Waals surface area contributed by atoms with Gasteiger partial charge in [-0.05, 0) is 49.7 Å². The van der Waals surface area contributed by atoms with Crippen LogP contribution in [-0.2, 0) is 6.42 Å². The van der Waals surface area contributed by atoms with Crippen LogP contribution in [0, 0.1) is 11.3 Å². The summed E-state index contributed by atoms with van der Waals surface area (Å²) in [6, 6.07) is 6.06. The highest BCUT2D eigenvalue weighted by Gasteiger charge is 2.37. The lowest BCUT2D eigenvalue weighted by Gasteiger charge is -2.42. The highest BCUT2D eigenvalue weighted by atomic mass is 127. The molecule has 24 heavy (non-hydrogen) atoms. The van der Waals surface area contributed by atoms with E-state index in [2.05, 4.69) is 42.5 Å². The molecule has 0 saturated heterocycles. The normalized spacial score (nSPS) is 16.2. The molecule has 1 aliphatic rings. The van der Waals surface area contributed by atoms with E-state index in [0.717, 1.165) is 43.6 Å². The Balaban J connectivity index is 0.00000288. The molecule has 0 aliphatic heterocycles. The molecule has 0 unspecified atom stereocenters. The molecule has 4 nitrogen and oxygen atoms in total. The smallest absolute Gasteiger partial charge is 0.191 e. The Morgan fingerprint density at radius 3 is 2.62 bits per heavy atom. The van der Waals surface area contributed by atoms with Crippen molar-refractivity contribution in [2.24, 2.45) is 16.3 Å². The molecular weight excluding hydrogens is 411 g/mol. The Labute approximate surface area is 164 Å². The summed E-state index contributed by atoms with van der Waals surface area (Å²) in [5.74, 6) is 1.70. The van der Waals surface area contributed by atoms with Gasteiger partial charge in [-0.25, -0.2) is 0 Å². The second kappa shape index (κ2) is 10.9. The van der Waals surface area contributed by atoms with Crippen LogP contribution in [0.2, 0.25) is 0 Å². The van der Waals surface area contributed by atoms with Crippen LogP contribution in [0.15, 0.2) is 29.4 Å². The maximum absolute atomic E-state index is 4.87. The summed E-state index contributed by atoms with van der Waals surface area (Å²) in [5.41, 5.74) is 1.57. The van der Waals surface area contributed by atoms with E-state index in [1.807, 2.05) is 18.3 Å². The van der Waals surface area contributed by atoms with Crippen molar-refractivity contribution in [3.63, 3.8) is 0 Å². The molecule has 1 aromatic rings. The number of guanidine groups is 1. The van der Waals surface area contributed by atoms with Gasteiger partial charge in [0.1, 0.15) is 0 Å². The zero-order valence-corrected chi connectivity index (χ0v) is 17.7. The summed E-state index contributed by atoms with van der Waals surface area (Å²) in [7, 11) is 0. The van der Waals surface area contributed by atoms with E-state index in [9.17, 15) is 0 Å². The molecule has 2 rings (SSSR count). The highest BCUT2D eigenvalue weighted by Crippen LogP contribution is 2.46. The van der Waals surface area contributed by atoms with Crippen molar-refractivity contribution < 1.29 is 0 Å². The van der Waals surface area contributed by atoms with Gasteiger partial charge in [0.05, 0.1) is 0 Å². The van der Waals surface area contributed by atoms with Gasteiger partial charge in [-0.1, -0.05) is 26.3 Å². The summed E-state index contributed by atoms with van der Waals surface area (Å²) in [4.78, 5) is 9.23. The van der Waals surface area contributed by atoms with E-state index in [4.69, 9.17) is 4.99 Å². The van der Waals surface area contributed by atoms with E-state index in [1.165, 1.54) is 25.7 Å². The molecule has 1 heterocycles. The van der Waals surface area contributed by atoms with Gasteiger partial charge in [0.25, 0.3) is 0 Å². The van der Waals surface area contributed by atoms with E-state index < -0.39 is 0 Å². The van der Waals surface area contributed by atoms with Crippen molar-refractivity contribution in [1.82, 2.24) is 15.6 Å². The van der Waals surface area contributed by atoms with E-state index in [1.54, 1.807) is 0 Å². The fourth-order valence-corrected chi connectivity index (χ4v) is 3.41. The van der Waals surface area contributed by atoms with Gasteiger partial charge >= 0.3 is 0 Å². The van der Waals surface area contributed by atoms with Crippen LogP contribution < -0.4 is 10.6 Å². The largest absolute Gasteiger partial charge is 0.357 e. The van der Waals surface area contributed by atoms with Crippen LogP contribution in [0.1, 0.15) is 52.1 Å². The number of halogens is 1. The minimum Gasteiger partial charge on any atom is -0.357 e. The maximum Gasteiger partial charge on any atom is 0.191 e. The van der Waals surface area contributed by atoms with Crippen molar-refractivity contribution in [2.75, 3.05) is 19.6 Å². The van der Waals surface area contributed by atoms with Crippen LogP contribution in [0.5, 0.6) is 0 Å². The minimum absolute atomic E-state index is 0. The lowest BCUT2D eigenvalue weighted by Crippen LogP contribution is -2.41. The number of hydrogen-bond acceptors (Lipinski definition) is 2. The molecule has 0 aromatic carbocycles. The SMILES string of the molecule is CCNC(=NCC1(CC(C)C)CCC1)NCCc1ccccn1.I. The summed E-state index contributed by atoms with van der Waals surface area (Å²) in [5, 5.41) is 6.80. The predicted octanol–water partition coefficient (Wildman–Crippen LogP) is 4.01. The zero-order chi connectivity index (χ0) is 16.5. The zero-order valence-electron chi connectivity index (χ0n) is 15.3. The van der Waals surface area contributed by atoms with Crippen molar-refractivity contribution in [3.05, 3.63) is 30.1 Å². The van der Waals surface area contributed by atoms with E-state index in [0.29, 0.717) is 5.41 Å². The van der Waals surface area contributed by atoms with Gasteiger partial charge in [-0.2, -0.15) is 0 Å². The number of hydrogen-bond donors (Lipinski definition) is 2. The third-order valence-electron chi connectivity index (χ3n) is 4.57. The van der Waals surface area contributed by atoms with Crippen LogP contribution in [0.25, 0.3) is 0 Å². The molecule has 2 N–H and O–H groups in total. The van der Waals surface area contributed by atoms with Gasteiger partial charge < -0.3 is 10.6 Å². The molecule has 136 valence electrons. The second-order valence-corrected chi connectivity index (χ2v) is 7.14. The molecular formula is C19H33IN4. The molecule has 0 spiro atoms. The average molecular weight is 444 g/mol. The van der Waals surface area contributed by atoms with Gasteiger partial charge in [0, 0.05) is 37.9 Å². The molecule has 0 atom stereocenters. The number of rotatable bonds is 8. The Hall–Kier alpha value is -0.850. The Kier molecular flexibility index (Phi) is 9.63. The lowest BCUT2D eigenvalue weighted by atomic mass is 9.64. The van der Waals surface area contributed by atoms with Gasteiger partial charge in [-0.15, -0.1) is 24.0 Å². The Morgan fingerprint density at radius 2 is 2.08 bits per heavy atom. The third kappa shape index (κ3) is 6.95. The summed E-state index contributed by atoms with van der Waals surface area (Å²) >= 11 is 0. The first kappa shape index (κ1) is 21.2. The first-order chi connectivity index (χ1) is 11.1. The average Bonchev–Trinajstić information content (AvgIpc) is 2.50. The lowest BCUT2D eigenvalue weighted by molar-refractivity contribution is 0.111. The summed E-state index contributed by atoms with van der Waals surface area (Å²) < 4.78 is 0. The molecule has 0 amide bonds. The second-order valence-electron chi connectivity index (χ2n) is 7.14. The number of aliphatic imine (C=N–C) groups is 1. The maximum atomic E-state index is 4.87. The number of pyridine rings is 1. The quantitative estimate of drug-likeness (QED) is 0.362. The van der Waals surface area contributed by atoms with E-state index in [-0.39, 0.29) is 24.0 Å². The third-order valence-corrected chi connectivity index (χ3v) is 4.57. The molecule has 1 saturated carbocycles. The van der Waals surface area contributed by atoms with Crippen LogP contribution >= 0.6 is 24.0 Å². The summed E-state index contributed by atoms with van der Waals surface area (Å²) in [6.45, 7) is 9.46. The standard InChI is InChI=1S/C19H32N4.HI/c1-4-20-18(22-13-9-17-8-5-6-12-21-17)23-15-19(10-7-11-19)14-16(2)3;/h5-6,8,12,16H,4,7,9-11,13-15H2,1-3H3,(H2,20,22,23);1H. The molecule has 1 aliphatic carbocycles. The fraction of sp³-hybridized carbons (Fsp3) is 0.684. The highest BCUT2D eigenvalue weighted by molar-refractivity contribution is 14.0. The predicted molar refractivity (Wildman–Crippen MR) is 113 cm³/mol. The molecule has 0 bridgehead atoms. The molecule has 0 radical (unpaired) electrons. The Bertz CT molecular complexity index is 483. The van der Waals surface area contributed by atoms with Gasteiger partial charge in [0.15, 0.2) is 5.96 Å². The fourth-order valence-electron chi connectivity index (χ4n) is 3.41. The first-order valence-electron chi connectivity index (χ1n) is 9.06. The molecule has 1 aromatic heterocycles. The number of nitrogens with one attached hydrogen (secondary N) is 2. The molecule has 5 heteroatoms. The Morgan fingerprint density at radius 1 is 1.29 bits per heavy atom. The summed E-state index contributed by atoms with van der Waals surface area (Å²) in [6.07, 6.45) is 8.10. The number of nitrogens with zero attached hydrogens (tertiary/aromatic N) is 2. The topological polar surface area (TPSA) is 49.3 Å². The van der Waals surface area contributed by atoms with Crippen molar-refractivity contribution >= 4 is 29.9 Å². The van der Waals surface area contributed by atoms with Gasteiger partial charge in [0.2, 0.25) is 0 Å².